The molecular weight excluding hydrogens is 354 g/mol. The van der Waals surface area contributed by atoms with Crippen LogP contribution in [-0.2, 0) is 10.0 Å². The minimum atomic E-state index is -3.42. The van der Waals surface area contributed by atoms with E-state index >= 15 is 0 Å². The van der Waals surface area contributed by atoms with E-state index in [4.69, 9.17) is 0 Å². The summed E-state index contributed by atoms with van der Waals surface area (Å²) >= 11 is 0. The van der Waals surface area contributed by atoms with Crippen LogP contribution in [0.15, 0.2) is 53.0 Å². The van der Waals surface area contributed by atoms with Gasteiger partial charge in [-0.1, -0.05) is 67.7 Å². The van der Waals surface area contributed by atoms with E-state index in [9.17, 15) is 8.42 Å². The molecule has 0 unspecified atom stereocenters. The van der Waals surface area contributed by atoms with Gasteiger partial charge in [0.15, 0.2) is 0 Å². The fourth-order valence-electron chi connectivity index (χ4n) is 5.00. The molecule has 0 N–H and O–H groups in total. The molecule has 1 saturated carbocycles. The van der Waals surface area contributed by atoms with Crippen LogP contribution in [0.5, 0.6) is 0 Å². The summed E-state index contributed by atoms with van der Waals surface area (Å²) < 4.78 is 28.0. The van der Waals surface area contributed by atoms with Crippen LogP contribution < -0.4 is 0 Å². The largest absolute Gasteiger partial charge is 0.243 e. The van der Waals surface area contributed by atoms with Gasteiger partial charge in [0.05, 0.1) is 4.90 Å². The van der Waals surface area contributed by atoms with E-state index in [1.165, 1.54) is 37.7 Å². The molecule has 3 nitrogen and oxygen atoms in total. The molecule has 0 amide bonds. The summed E-state index contributed by atoms with van der Waals surface area (Å²) in [5.74, 6) is 1.77. The van der Waals surface area contributed by atoms with Gasteiger partial charge in [-0.25, -0.2) is 8.42 Å². The molecular formula is C23H31NO2S. The van der Waals surface area contributed by atoms with Crippen molar-refractivity contribution in [3.05, 3.63) is 53.6 Å². The molecule has 1 aromatic rings. The zero-order chi connectivity index (χ0) is 19.0. The molecule has 0 bridgehead atoms. The van der Waals surface area contributed by atoms with Gasteiger partial charge in [0, 0.05) is 19.0 Å². The Bertz CT molecular complexity index is 832. The zero-order valence-electron chi connectivity index (χ0n) is 16.5. The minimum Gasteiger partial charge on any atom is -0.207 e. The summed E-state index contributed by atoms with van der Waals surface area (Å²) in [6.07, 6.45) is 13.7. The number of aryl methyl sites for hydroxylation is 1. The van der Waals surface area contributed by atoms with Gasteiger partial charge in [-0.3, -0.25) is 0 Å². The van der Waals surface area contributed by atoms with Crippen molar-refractivity contribution in [1.29, 1.82) is 0 Å². The third kappa shape index (κ3) is 3.79. The third-order valence-corrected chi connectivity index (χ3v) is 8.52. The molecule has 1 saturated heterocycles. The van der Waals surface area contributed by atoms with Gasteiger partial charge in [-0.15, -0.1) is 0 Å². The quantitative estimate of drug-likeness (QED) is 0.691. The molecule has 1 aromatic carbocycles. The molecule has 2 aliphatic carbocycles. The highest BCUT2D eigenvalue weighted by molar-refractivity contribution is 7.89. The summed E-state index contributed by atoms with van der Waals surface area (Å²) in [5, 5.41) is 0. The minimum absolute atomic E-state index is 0.316. The van der Waals surface area contributed by atoms with Gasteiger partial charge in [-0.05, 0) is 49.7 Å². The second-order valence-electron chi connectivity index (χ2n) is 8.64. The Morgan fingerprint density at radius 2 is 1.70 bits per heavy atom. The molecule has 1 aliphatic heterocycles. The maximum atomic E-state index is 13.1. The predicted octanol–water partition coefficient (Wildman–Crippen LogP) is 4.94. The van der Waals surface area contributed by atoms with E-state index in [1.54, 1.807) is 16.4 Å². The van der Waals surface area contributed by atoms with Crippen LogP contribution >= 0.6 is 0 Å². The average Bonchev–Trinajstić information content (AvgIpc) is 3.11. The van der Waals surface area contributed by atoms with Gasteiger partial charge in [0.25, 0.3) is 0 Å². The normalized spacial score (nSPS) is 31.3. The van der Waals surface area contributed by atoms with Crippen LogP contribution in [0.4, 0.5) is 0 Å². The molecule has 27 heavy (non-hydrogen) atoms. The monoisotopic (exact) mass is 385 g/mol. The van der Waals surface area contributed by atoms with Crippen molar-refractivity contribution in [3.63, 3.8) is 0 Å². The summed E-state index contributed by atoms with van der Waals surface area (Å²) in [6, 6.07) is 7.24. The molecule has 0 spiro atoms. The lowest BCUT2D eigenvalue weighted by atomic mass is 9.75. The Morgan fingerprint density at radius 1 is 1.00 bits per heavy atom. The average molecular weight is 386 g/mol. The Morgan fingerprint density at radius 3 is 2.41 bits per heavy atom. The van der Waals surface area contributed by atoms with Gasteiger partial charge < -0.3 is 0 Å². The molecule has 0 radical (unpaired) electrons. The second kappa shape index (κ2) is 7.56. The molecule has 3 aliphatic rings. The lowest BCUT2D eigenvalue weighted by molar-refractivity contribution is 0.406. The van der Waals surface area contributed by atoms with Gasteiger partial charge in [0.2, 0.25) is 10.0 Å². The molecule has 3 atom stereocenters. The first kappa shape index (κ1) is 18.9. The summed E-state index contributed by atoms with van der Waals surface area (Å²) in [6.45, 7) is 5.47. The number of hydrogen-bond donors (Lipinski definition) is 0. The van der Waals surface area contributed by atoms with Crippen LogP contribution in [0.2, 0.25) is 0 Å². The molecule has 0 aromatic heterocycles. The second-order valence-corrected chi connectivity index (χ2v) is 10.6. The van der Waals surface area contributed by atoms with E-state index in [1.807, 2.05) is 19.1 Å². The highest BCUT2D eigenvalue weighted by atomic mass is 32.2. The number of hydrogen-bond acceptors (Lipinski definition) is 2. The molecule has 2 fully saturated rings. The molecule has 4 rings (SSSR count). The van der Waals surface area contributed by atoms with E-state index < -0.39 is 10.0 Å². The van der Waals surface area contributed by atoms with Crippen molar-refractivity contribution in [2.75, 3.05) is 13.1 Å². The third-order valence-electron chi connectivity index (χ3n) is 6.67. The number of sulfonamides is 1. The molecule has 4 heteroatoms. The maximum absolute atomic E-state index is 13.1. The lowest BCUT2D eigenvalue weighted by Gasteiger charge is -2.30. The Labute approximate surface area is 164 Å². The van der Waals surface area contributed by atoms with Crippen molar-refractivity contribution < 1.29 is 8.42 Å². The summed E-state index contributed by atoms with van der Waals surface area (Å²) in [5.41, 5.74) is 2.56. The number of rotatable bonds is 3. The first-order chi connectivity index (χ1) is 12.9. The van der Waals surface area contributed by atoms with Crippen LogP contribution in [-0.4, -0.2) is 25.8 Å². The zero-order valence-corrected chi connectivity index (χ0v) is 17.3. The SMILES string of the molecule is Cc1ccc(S(=O)(=O)N2C[C@@H]3C=C[C@H](C)/C(=C/C4CCCCC4)[C@@H]3C2)cc1. The predicted molar refractivity (Wildman–Crippen MR) is 110 cm³/mol. The van der Waals surface area contributed by atoms with E-state index in [0.29, 0.717) is 41.7 Å². The van der Waals surface area contributed by atoms with Crippen molar-refractivity contribution in [2.24, 2.45) is 23.7 Å². The Hall–Kier alpha value is -1.39. The summed E-state index contributed by atoms with van der Waals surface area (Å²) in [4.78, 5) is 0.418. The molecule has 1 heterocycles. The van der Waals surface area contributed by atoms with Gasteiger partial charge >= 0.3 is 0 Å². The van der Waals surface area contributed by atoms with E-state index in [-0.39, 0.29) is 0 Å². The fourth-order valence-corrected chi connectivity index (χ4v) is 6.50. The topological polar surface area (TPSA) is 37.4 Å². The van der Waals surface area contributed by atoms with Crippen LogP contribution in [0.3, 0.4) is 0 Å². The standard InChI is InChI=1S/C23H31NO2S/c1-17-8-12-21(13-9-17)27(25,26)24-15-20-11-10-18(2)22(23(20)16-24)14-19-6-4-3-5-7-19/h8-14,18-20,23H,3-7,15-16H2,1-2H3/b22-14-/t18-,20-,23+/m0/s1. The summed E-state index contributed by atoms with van der Waals surface area (Å²) in [7, 11) is -3.42. The highest BCUT2D eigenvalue weighted by Crippen LogP contribution is 2.42. The van der Waals surface area contributed by atoms with Crippen molar-refractivity contribution >= 4 is 10.0 Å². The van der Waals surface area contributed by atoms with Crippen LogP contribution in [0.1, 0.15) is 44.6 Å². The Balaban J connectivity index is 1.58. The van der Waals surface area contributed by atoms with E-state index in [2.05, 4.69) is 25.2 Å². The van der Waals surface area contributed by atoms with Crippen LogP contribution in [0.25, 0.3) is 0 Å². The van der Waals surface area contributed by atoms with Crippen molar-refractivity contribution in [1.82, 2.24) is 4.31 Å². The number of fused-ring (bicyclic) bond motifs is 1. The first-order valence-corrected chi connectivity index (χ1v) is 11.9. The molecule has 146 valence electrons. The van der Waals surface area contributed by atoms with Crippen LogP contribution in [0, 0.1) is 30.6 Å². The number of allylic oxidation sites excluding steroid dienone is 2. The number of nitrogens with zero attached hydrogens (tertiary/aromatic N) is 1. The Kier molecular flexibility index (Phi) is 5.30. The maximum Gasteiger partial charge on any atom is 0.243 e. The van der Waals surface area contributed by atoms with Crippen molar-refractivity contribution in [2.45, 2.75) is 50.8 Å². The van der Waals surface area contributed by atoms with Crippen molar-refractivity contribution in [3.8, 4) is 0 Å². The lowest BCUT2D eigenvalue weighted by Crippen LogP contribution is -2.29. The first-order valence-electron chi connectivity index (χ1n) is 10.4. The van der Waals surface area contributed by atoms with E-state index in [0.717, 1.165) is 5.56 Å². The number of benzene rings is 1. The highest BCUT2D eigenvalue weighted by Gasteiger charge is 2.42. The van der Waals surface area contributed by atoms with Gasteiger partial charge in [-0.2, -0.15) is 4.31 Å². The van der Waals surface area contributed by atoms with Gasteiger partial charge in [0.1, 0.15) is 0 Å². The smallest absolute Gasteiger partial charge is 0.207 e. The fraction of sp³-hybridized carbons (Fsp3) is 0.565.